The number of halogens is 3. The van der Waals surface area contributed by atoms with E-state index in [0.29, 0.717) is 0 Å². The van der Waals surface area contributed by atoms with Gasteiger partial charge >= 0.3 is 0 Å². The Kier molecular flexibility index (Phi) is 3.17. The van der Waals surface area contributed by atoms with Crippen LogP contribution in [0.4, 0.5) is 13.2 Å². The maximum atomic E-state index is 13.7. The van der Waals surface area contributed by atoms with Gasteiger partial charge in [0.2, 0.25) is 0 Å². The van der Waals surface area contributed by atoms with Crippen LogP contribution in [0.25, 0.3) is 27.5 Å². The van der Waals surface area contributed by atoms with E-state index in [1.165, 1.54) is 0 Å². The van der Waals surface area contributed by atoms with Gasteiger partial charge in [0.05, 0.1) is 16.7 Å². The van der Waals surface area contributed by atoms with Crippen LogP contribution in [0.15, 0.2) is 48.5 Å². The molecule has 1 nitrogen and oxygen atoms in total. The molecule has 4 rings (SSSR count). The van der Waals surface area contributed by atoms with Crippen molar-refractivity contribution >= 4 is 21.8 Å². The monoisotopic (exact) mass is 325 g/mol. The highest BCUT2D eigenvalue weighted by atomic mass is 19.2. The molecule has 0 saturated carbocycles. The second-order valence-corrected chi connectivity index (χ2v) is 6.10. The molecule has 0 aliphatic carbocycles. The maximum Gasteiger partial charge on any atom is 0.194 e. The molecule has 0 spiro atoms. The van der Waals surface area contributed by atoms with Gasteiger partial charge in [-0.15, -0.1) is 0 Å². The molecule has 0 saturated heterocycles. The summed E-state index contributed by atoms with van der Waals surface area (Å²) in [5, 5.41) is 2.00. The molecule has 24 heavy (non-hydrogen) atoms. The molecule has 4 aromatic rings. The summed E-state index contributed by atoms with van der Waals surface area (Å²) >= 11 is 0. The number of rotatable bonds is 1. The predicted octanol–water partition coefficient (Wildman–Crippen LogP) is 5.82. The van der Waals surface area contributed by atoms with Crippen molar-refractivity contribution in [3.05, 3.63) is 77.1 Å². The zero-order chi connectivity index (χ0) is 17.0. The van der Waals surface area contributed by atoms with E-state index >= 15 is 0 Å². The third-order valence-electron chi connectivity index (χ3n) is 4.30. The van der Waals surface area contributed by atoms with Gasteiger partial charge in [0.1, 0.15) is 0 Å². The molecular weight excluding hydrogens is 311 g/mol. The maximum absolute atomic E-state index is 13.7. The minimum atomic E-state index is -1.45. The zero-order valence-electron chi connectivity index (χ0n) is 13.2. The summed E-state index contributed by atoms with van der Waals surface area (Å²) in [4.78, 5) is 0. The second-order valence-electron chi connectivity index (χ2n) is 6.10. The molecule has 0 unspecified atom stereocenters. The van der Waals surface area contributed by atoms with Crippen molar-refractivity contribution in [2.45, 2.75) is 13.8 Å². The fourth-order valence-electron chi connectivity index (χ4n) is 3.20. The number of hydrogen-bond acceptors (Lipinski definition) is 0. The number of hydrogen-bond donors (Lipinski definition) is 0. The Morgan fingerprint density at radius 2 is 1.12 bits per heavy atom. The highest BCUT2D eigenvalue weighted by Crippen LogP contribution is 2.33. The van der Waals surface area contributed by atoms with E-state index < -0.39 is 17.5 Å². The van der Waals surface area contributed by atoms with Gasteiger partial charge in [-0.25, -0.2) is 13.2 Å². The van der Waals surface area contributed by atoms with Crippen molar-refractivity contribution in [3.63, 3.8) is 0 Å². The van der Waals surface area contributed by atoms with Crippen LogP contribution in [0.5, 0.6) is 0 Å². The Balaban J connectivity index is 2.18. The van der Waals surface area contributed by atoms with Gasteiger partial charge in [-0.1, -0.05) is 23.3 Å². The number of nitrogens with zero attached hydrogens (tertiary/aromatic N) is 1. The first-order chi connectivity index (χ1) is 11.5. The van der Waals surface area contributed by atoms with Crippen LogP contribution in [0.1, 0.15) is 11.1 Å². The van der Waals surface area contributed by atoms with Crippen molar-refractivity contribution in [2.24, 2.45) is 0 Å². The lowest BCUT2D eigenvalue weighted by atomic mass is 10.1. The quantitative estimate of drug-likeness (QED) is 0.389. The first kappa shape index (κ1) is 14.8. The topological polar surface area (TPSA) is 4.93 Å². The Morgan fingerprint density at radius 3 is 1.58 bits per heavy atom. The summed E-state index contributed by atoms with van der Waals surface area (Å²) in [6.45, 7) is 3.99. The van der Waals surface area contributed by atoms with Crippen molar-refractivity contribution in [1.29, 1.82) is 0 Å². The summed E-state index contributed by atoms with van der Waals surface area (Å²) in [6, 6.07) is 13.9. The van der Waals surface area contributed by atoms with Crippen molar-refractivity contribution in [1.82, 2.24) is 4.57 Å². The van der Waals surface area contributed by atoms with E-state index in [1.807, 2.05) is 50.2 Å². The molecule has 3 aromatic carbocycles. The molecule has 0 atom stereocenters. The molecule has 0 fully saturated rings. The molecule has 4 heteroatoms. The summed E-state index contributed by atoms with van der Waals surface area (Å²) in [7, 11) is 0. The first-order valence-corrected chi connectivity index (χ1v) is 7.62. The average Bonchev–Trinajstić information content (AvgIpc) is 2.85. The van der Waals surface area contributed by atoms with Crippen molar-refractivity contribution < 1.29 is 13.2 Å². The Labute approximate surface area is 136 Å². The minimum absolute atomic E-state index is 0.263. The molecule has 0 amide bonds. The fourth-order valence-corrected chi connectivity index (χ4v) is 3.20. The number of aryl methyl sites for hydroxylation is 2. The van der Waals surface area contributed by atoms with Gasteiger partial charge in [0, 0.05) is 22.9 Å². The molecule has 1 aromatic heterocycles. The van der Waals surface area contributed by atoms with E-state index in [4.69, 9.17) is 0 Å². The van der Waals surface area contributed by atoms with E-state index in [-0.39, 0.29) is 5.69 Å². The zero-order valence-corrected chi connectivity index (χ0v) is 13.2. The molecule has 0 radical (unpaired) electrons. The minimum Gasteiger partial charge on any atom is -0.309 e. The van der Waals surface area contributed by atoms with Crippen LogP contribution in [0, 0.1) is 31.3 Å². The highest BCUT2D eigenvalue weighted by Gasteiger charge is 2.16. The van der Waals surface area contributed by atoms with Crippen LogP contribution >= 0.6 is 0 Å². The van der Waals surface area contributed by atoms with Crippen LogP contribution < -0.4 is 0 Å². The third-order valence-corrected chi connectivity index (χ3v) is 4.30. The first-order valence-electron chi connectivity index (χ1n) is 7.62. The standard InChI is InChI=1S/C20H14F3N/c1-11-3-5-18-14(7-11)15-8-12(2)4-6-19(15)24(18)13-9-16(21)20(23)17(22)10-13/h3-10H,1-2H3. The molecule has 0 aliphatic heterocycles. The molecule has 0 bridgehead atoms. The highest BCUT2D eigenvalue weighted by molar-refractivity contribution is 6.09. The summed E-state index contributed by atoms with van der Waals surface area (Å²) in [6.07, 6.45) is 0. The van der Waals surface area contributed by atoms with Gasteiger partial charge in [-0.3, -0.25) is 0 Å². The Bertz CT molecular complexity index is 1030. The third kappa shape index (κ3) is 2.10. The molecule has 0 N–H and O–H groups in total. The lowest BCUT2D eigenvalue weighted by molar-refractivity contribution is 0.446. The number of fused-ring (bicyclic) bond motifs is 3. The lowest BCUT2D eigenvalue weighted by Crippen LogP contribution is -1.99. The number of benzene rings is 3. The summed E-state index contributed by atoms with van der Waals surface area (Å²) in [5.74, 6) is -3.84. The summed E-state index contributed by atoms with van der Waals surface area (Å²) in [5.41, 5.74) is 4.11. The van der Waals surface area contributed by atoms with Gasteiger partial charge in [-0.05, 0) is 38.1 Å². The molecule has 0 aliphatic rings. The second kappa shape index (κ2) is 5.13. The number of aromatic nitrogens is 1. The van der Waals surface area contributed by atoms with Gasteiger partial charge in [0.25, 0.3) is 0 Å². The predicted molar refractivity (Wildman–Crippen MR) is 90.1 cm³/mol. The largest absolute Gasteiger partial charge is 0.309 e. The van der Waals surface area contributed by atoms with Crippen molar-refractivity contribution in [2.75, 3.05) is 0 Å². The van der Waals surface area contributed by atoms with E-state index in [1.54, 1.807) is 4.57 Å². The van der Waals surface area contributed by atoms with Crippen LogP contribution in [0.2, 0.25) is 0 Å². The van der Waals surface area contributed by atoms with Gasteiger partial charge < -0.3 is 4.57 Å². The molecular formula is C20H14F3N. The molecule has 120 valence electrons. The van der Waals surface area contributed by atoms with Crippen LogP contribution in [-0.4, -0.2) is 4.57 Å². The van der Waals surface area contributed by atoms with E-state index in [0.717, 1.165) is 45.1 Å². The van der Waals surface area contributed by atoms with Crippen LogP contribution in [-0.2, 0) is 0 Å². The smallest absolute Gasteiger partial charge is 0.194 e. The Morgan fingerprint density at radius 1 is 0.667 bits per heavy atom. The van der Waals surface area contributed by atoms with E-state index in [9.17, 15) is 13.2 Å². The Hall–Kier alpha value is -2.75. The average molecular weight is 325 g/mol. The van der Waals surface area contributed by atoms with Crippen LogP contribution in [0.3, 0.4) is 0 Å². The van der Waals surface area contributed by atoms with Gasteiger partial charge in [-0.2, -0.15) is 0 Å². The van der Waals surface area contributed by atoms with Crippen molar-refractivity contribution in [3.8, 4) is 5.69 Å². The van der Waals surface area contributed by atoms with Gasteiger partial charge in [0.15, 0.2) is 17.5 Å². The fraction of sp³-hybridized carbons (Fsp3) is 0.100. The lowest BCUT2D eigenvalue weighted by Gasteiger charge is -2.09. The SMILES string of the molecule is Cc1ccc2c(c1)c1cc(C)ccc1n2-c1cc(F)c(F)c(F)c1. The molecule has 1 heterocycles. The normalized spacial score (nSPS) is 11.5. The van der Waals surface area contributed by atoms with E-state index in [2.05, 4.69) is 0 Å². The summed E-state index contributed by atoms with van der Waals surface area (Å²) < 4.78 is 42.5.